The molecule has 1 fully saturated rings. The zero-order valence-electron chi connectivity index (χ0n) is 11.3. The maximum Gasteiger partial charge on any atom is 0.0199 e. The number of nitrogens with one attached hydrogen (secondary N) is 1. The molecule has 0 aromatic rings. The standard InChI is InChI=1S/C8H18N2.2C2H6/c1-8(10(2)3)4-6-9-7-5-8;2*1-2/h9H,4-7H2,1-3H3;2*1-2H3. The van der Waals surface area contributed by atoms with Crippen LogP contribution in [0, 0.1) is 0 Å². The van der Waals surface area contributed by atoms with Gasteiger partial charge in [-0.1, -0.05) is 27.7 Å². The van der Waals surface area contributed by atoms with Gasteiger partial charge in [-0.3, -0.25) is 0 Å². The lowest BCUT2D eigenvalue weighted by Gasteiger charge is -2.40. The number of piperidine rings is 1. The predicted octanol–water partition coefficient (Wildman–Crippen LogP) is 2.74. The number of rotatable bonds is 1. The lowest BCUT2D eigenvalue weighted by atomic mass is 9.89. The minimum absolute atomic E-state index is 0.450. The Bertz CT molecular complexity index is 105. The average molecular weight is 202 g/mol. The minimum Gasteiger partial charge on any atom is -0.317 e. The predicted molar refractivity (Wildman–Crippen MR) is 66.9 cm³/mol. The van der Waals surface area contributed by atoms with E-state index in [0.717, 1.165) is 0 Å². The SMILES string of the molecule is CC.CC.CN(C)C1(C)CCNCC1. The van der Waals surface area contributed by atoms with E-state index in [4.69, 9.17) is 0 Å². The van der Waals surface area contributed by atoms with Gasteiger partial charge >= 0.3 is 0 Å². The molecule has 1 aliphatic heterocycles. The molecule has 1 aliphatic rings. The maximum atomic E-state index is 3.37. The molecular weight excluding hydrogens is 172 g/mol. The van der Waals surface area contributed by atoms with Crippen LogP contribution in [-0.2, 0) is 0 Å². The van der Waals surface area contributed by atoms with Crippen molar-refractivity contribution >= 4 is 0 Å². The second kappa shape index (κ2) is 9.47. The topological polar surface area (TPSA) is 15.3 Å². The first-order valence-corrected chi connectivity index (χ1v) is 6.03. The van der Waals surface area contributed by atoms with Gasteiger partial charge in [-0.05, 0) is 47.0 Å². The highest BCUT2D eigenvalue weighted by atomic mass is 15.2. The Labute approximate surface area is 91.1 Å². The fraction of sp³-hybridized carbons (Fsp3) is 1.00. The first kappa shape index (κ1) is 16.4. The van der Waals surface area contributed by atoms with E-state index in [9.17, 15) is 0 Å². The summed E-state index contributed by atoms with van der Waals surface area (Å²) in [5, 5.41) is 3.37. The Morgan fingerprint density at radius 3 is 1.50 bits per heavy atom. The zero-order valence-corrected chi connectivity index (χ0v) is 11.3. The summed E-state index contributed by atoms with van der Waals surface area (Å²) in [4.78, 5) is 2.34. The van der Waals surface area contributed by atoms with Gasteiger partial charge in [0.25, 0.3) is 0 Å². The van der Waals surface area contributed by atoms with Crippen LogP contribution in [-0.4, -0.2) is 37.6 Å². The number of hydrogen-bond donors (Lipinski definition) is 1. The zero-order chi connectivity index (χ0) is 11.6. The Kier molecular flexibility index (Phi) is 11.1. The first-order valence-electron chi connectivity index (χ1n) is 6.03. The summed E-state index contributed by atoms with van der Waals surface area (Å²) < 4.78 is 0. The van der Waals surface area contributed by atoms with E-state index < -0.39 is 0 Å². The first-order chi connectivity index (χ1) is 6.65. The molecule has 1 rings (SSSR count). The van der Waals surface area contributed by atoms with Gasteiger partial charge in [-0.15, -0.1) is 0 Å². The molecule has 0 amide bonds. The molecule has 0 unspecified atom stereocenters. The summed E-state index contributed by atoms with van der Waals surface area (Å²) in [6, 6.07) is 0. The fourth-order valence-corrected chi connectivity index (χ4v) is 1.41. The molecule has 1 N–H and O–H groups in total. The van der Waals surface area contributed by atoms with Crippen LogP contribution in [0.4, 0.5) is 0 Å². The number of nitrogens with zero attached hydrogens (tertiary/aromatic N) is 1. The Morgan fingerprint density at radius 1 is 0.929 bits per heavy atom. The molecule has 0 spiro atoms. The van der Waals surface area contributed by atoms with Crippen molar-refractivity contribution in [2.75, 3.05) is 27.2 Å². The Balaban J connectivity index is 0. The van der Waals surface area contributed by atoms with Crippen LogP contribution >= 0.6 is 0 Å². The highest BCUT2D eigenvalue weighted by Gasteiger charge is 2.28. The van der Waals surface area contributed by atoms with Crippen molar-refractivity contribution in [2.45, 2.75) is 53.0 Å². The Hall–Kier alpha value is -0.0800. The summed E-state index contributed by atoms with van der Waals surface area (Å²) in [5.41, 5.74) is 0.450. The van der Waals surface area contributed by atoms with E-state index in [1.54, 1.807) is 0 Å². The van der Waals surface area contributed by atoms with Crippen LogP contribution < -0.4 is 5.32 Å². The quantitative estimate of drug-likeness (QED) is 0.703. The van der Waals surface area contributed by atoms with Crippen molar-refractivity contribution in [1.29, 1.82) is 0 Å². The monoisotopic (exact) mass is 202 g/mol. The summed E-state index contributed by atoms with van der Waals surface area (Å²) in [6.45, 7) is 12.7. The molecular formula is C12H30N2. The van der Waals surface area contributed by atoms with Gasteiger partial charge in [0, 0.05) is 5.54 Å². The minimum atomic E-state index is 0.450. The van der Waals surface area contributed by atoms with Crippen LogP contribution in [0.15, 0.2) is 0 Å². The third kappa shape index (κ3) is 5.61. The van der Waals surface area contributed by atoms with E-state index in [2.05, 4.69) is 31.2 Å². The molecule has 0 atom stereocenters. The molecule has 2 nitrogen and oxygen atoms in total. The largest absolute Gasteiger partial charge is 0.317 e. The van der Waals surface area contributed by atoms with E-state index >= 15 is 0 Å². The molecule has 0 radical (unpaired) electrons. The maximum absolute atomic E-state index is 3.37. The van der Waals surface area contributed by atoms with Gasteiger partial charge in [-0.25, -0.2) is 0 Å². The van der Waals surface area contributed by atoms with Gasteiger partial charge in [-0.2, -0.15) is 0 Å². The molecule has 0 saturated carbocycles. The van der Waals surface area contributed by atoms with Crippen LogP contribution in [0.2, 0.25) is 0 Å². The van der Waals surface area contributed by atoms with Gasteiger partial charge in [0.05, 0.1) is 0 Å². The van der Waals surface area contributed by atoms with Gasteiger partial charge in [0.1, 0.15) is 0 Å². The molecule has 0 aliphatic carbocycles. The summed E-state index contributed by atoms with van der Waals surface area (Å²) in [5.74, 6) is 0. The second-order valence-electron chi connectivity index (χ2n) is 3.64. The lowest BCUT2D eigenvalue weighted by Crippen LogP contribution is -2.49. The average Bonchev–Trinajstić information content (AvgIpc) is 2.25. The molecule has 0 aromatic carbocycles. The molecule has 1 heterocycles. The van der Waals surface area contributed by atoms with Gasteiger partial charge in [0.15, 0.2) is 0 Å². The molecule has 14 heavy (non-hydrogen) atoms. The van der Waals surface area contributed by atoms with Gasteiger partial charge in [0.2, 0.25) is 0 Å². The van der Waals surface area contributed by atoms with Gasteiger partial charge < -0.3 is 10.2 Å². The van der Waals surface area contributed by atoms with Crippen molar-refractivity contribution in [3.8, 4) is 0 Å². The van der Waals surface area contributed by atoms with Crippen LogP contribution in [0.5, 0.6) is 0 Å². The smallest absolute Gasteiger partial charge is 0.0199 e. The van der Waals surface area contributed by atoms with Crippen molar-refractivity contribution in [1.82, 2.24) is 10.2 Å². The van der Waals surface area contributed by atoms with E-state index in [0.29, 0.717) is 5.54 Å². The third-order valence-corrected chi connectivity index (χ3v) is 2.76. The van der Waals surface area contributed by atoms with Crippen LogP contribution in [0.3, 0.4) is 0 Å². The van der Waals surface area contributed by atoms with Crippen LogP contribution in [0.25, 0.3) is 0 Å². The van der Waals surface area contributed by atoms with Crippen molar-refractivity contribution in [3.05, 3.63) is 0 Å². The third-order valence-electron chi connectivity index (χ3n) is 2.76. The molecule has 0 aromatic heterocycles. The summed E-state index contributed by atoms with van der Waals surface area (Å²) in [6.07, 6.45) is 2.56. The number of hydrogen-bond acceptors (Lipinski definition) is 2. The summed E-state index contributed by atoms with van der Waals surface area (Å²) >= 11 is 0. The van der Waals surface area contributed by atoms with Crippen LogP contribution in [0.1, 0.15) is 47.5 Å². The second-order valence-corrected chi connectivity index (χ2v) is 3.64. The lowest BCUT2D eigenvalue weighted by molar-refractivity contribution is 0.128. The normalized spacial score (nSPS) is 18.9. The van der Waals surface area contributed by atoms with E-state index in [1.165, 1.54) is 25.9 Å². The van der Waals surface area contributed by atoms with E-state index in [1.807, 2.05) is 27.7 Å². The van der Waals surface area contributed by atoms with E-state index in [-0.39, 0.29) is 0 Å². The summed E-state index contributed by atoms with van der Waals surface area (Å²) in [7, 11) is 4.34. The Morgan fingerprint density at radius 2 is 1.29 bits per heavy atom. The fourth-order valence-electron chi connectivity index (χ4n) is 1.41. The van der Waals surface area contributed by atoms with Crippen molar-refractivity contribution < 1.29 is 0 Å². The van der Waals surface area contributed by atoms with Crippen molar-refractivity contribution in [3.63, 3.8) is 0 Å². The van der Waals surface area contributed by atoms with Crippen molar-refractivity contribution in [2.24, 2.45) is 0 Å². The molecule has 1 saturated heterocycles. The highest BCUT2D eigenvalue weighted by molar-refractivity contribution is 4.87. The highest BCUT2D eigenvalue weighted by Crippen LogP contribution is 2.22. The molecule has 2 heteroatoms. The molecule has 88 valence electrons. The molecule has 0 bridgehead atoms.